The molecule has 0 aliphatic heterocycles. The third-order valence-corrected chi connectivity index (χ3v) is 7.80. The third kappa shape index (κ3) is 10.9. The van der Waals surface area contributed by atoms with Crippen LogP contribution in [0.2, 0.25) is 0 Å². The van der Waals surface area contributed by atoms with Crippen LogP contribution in [0.4, 0.5) is 0 Å². The second-order valence-corrected chi connectivity index (χ2v) is 11.1. The second-order valence-electron chi connectivity index (χ2n) is 8.79. The van der Waals surface area contributed by atoms with Gasteiger partial charge in [0.2, 0.25) is 0 Å². The molecule has 7 nitrogen and oxygen atoms in total. The van der Waals surface area contributed by atoms with Gasteiger partial charge in [-0.05, 0) is 16.7 Å². The zero-order valence-electron chi connectivity index (χ0n) is 21.7. The number of carbonyl (C=O) groups excluding carboxylic acids is 3. The van der Waals surface area contributed by atoms with Gasteiger partial charge in [-0.3, -0.25) is 19.3 Å². The molecule has 0 fully saturated rings. The largest absolute Gasteiger partial charge is 0.456 e. The monoisotopic (exact) mass is 881 g/mol. The van der Waals surface area contributed by atoms with Gasteiger partial charge in [0.1, 0.15) is 18.3 Å². The van der Waals surface area contributed by atoms with Crippen LogP contribution >= 0.6 is 67.8 Å². The van der Waals surface area contributed by atoms with Crippen LogP contribution < -0.4 is 0 Å². The Kier molecular flexibility index (Phi) is 14.7. The molecule has 0 saturated heterocycles. The molecule has 0 spiro atoms. The molecule has 0 bridgehead atoms. The Morgan fingerprint density at radius 3 is 0.975 bits per heavy atom. The Labute approximate surface area is 275 Å². The van der Waals surface area contributed by atoms with Crippen LogP contribution in [0.25, 0.3) is 0 Å². The number of hydrogen-bond acceptors (Lipinski definition) is 7. The van der Waals surface area contributed by atoms with Gasteiger partial charge in [-0.15, -0.1) is 0 Å². The molecule has 0 saturated carbocycles. The number of rotatable bonds is 15. The highest BCUT2D eigenvalue weighted by atomic mass is 127. The molecule has 3 rings (SSSR count). The number of esters is 3. The van der Waals surface area contributed by atoms with Gasteiger partial charge < -0.3 is 14.2 Å². The van der Waals surface area contributed by atoms with Gasteiger partial charge in [-0.25, -0.2) is 0 Å². The SMILES string of the molecule is O=C(CI)O[C@@H](CN(C[C@H](OC(=O)CI)c1ccccc1)C[C@@H](OC(=O)CI)c1ccccc1)c1ccccc1. The lowest BCUT2D eigenvalue weighted by atomic mass is 10.0. The van der Waals surface area contributed by atoms with Crippen molar-refractivity contribution in [3.63, 3.8) is 0 Å². The number of nitrogens with zero attached hydrogens (tertiary/aromatic N) is 1. The molecule has 3 aromatic rings. The van der Waals surface area contributed by atoms with Gasteiger partial charge in [0.25, 0.3) is 0 Å². The van der Waals surface area contributed by atoms with Crippen molar-refractivity contribution in [2.45, 2.75) is 18.3 Å². The lowest BCUT2D eigenvalue weighted by molar-refractivity contribution is -0.150. The van der Waals surface area contributed by atoms with E-state index in [1.165, 1.54) is 0 Å². The Balaban J connectivity index is 2.00. The van der Waals surface area contributed by atoms with E-state index in [0.29, 0.717) is 19.6 Å². The molecule has 0 heterocycles. The van der Waals surface area contributed by atoms with Crippen molar-refractivity contribution in [3.05, 3.63) is 108 Å². The second kappa shape index (κ2) is 17.9. The molecule has 0 aromatic heterocycles. The number of alkyl halides is 3. The van der Waals surface area contributed by atoms with Crippen LogP contribution in [-0.2, 0) is 28.6 Å². The van der Waals surface area contributed by atoms with E-state index >= 15 is 0 Å². The van der Waals surface area contributed by atoms with E-state index in [1.54, 1.807) is 0 Å². The Bertz CT molecular complexity index is 1050. The highest BCUT2D eigenvalue weighted by molar-refractivity contribution is 14.1. The van der Waals surface area contributed by atoms with Crippen molar-refractivity contribution in [3.8, 4) is 0 Å². The summed E-state index contributed by atoms with van der Waals surface area (Å²) in [6, 6.07) is 28.6. The summed E-state index contributed by atoms with van der Waals surface area (Å²) in [4.78, 5) is 39.4. The minimum absolute atomic E-state index is 0.209. The first-order valence-corrected chi connectivity index (χ1v) is 17.1. The summed E-state index contributed by atoms with van der Waals surface area (Å²) >= 11 is 5.96. The van der Waals surface area contributed by atoms with E-state index in [1.807, 2.05) is 164 Å². The first-order valence-electron chi connectivity index (χ1n) is 12.6. The van der Waals surface area contributed by atoms with Gasteiger partial charge >= 0.3 is 17.9 Å². The van der Waals surface area contributed by atoms with E-state index in [2.05, 4.69) is 0 Å². The average molecular weight is 881 g/mol. The summed E-state index contributed by atoms with van der Waals surface area (Å²) in [6.07, 6.45) is -1.76. The van der Waals surface area contributed by atoms with E-state index in [0.717, 1.165) is 16.7 Å². The number of carbonyl (C=O) groups is 3. The van der Waals surface area contributed by atoms with Crippen LogP contribution in [0, 0.1) is 0 Å². The molecule has 3 aromatic carbocycles. The van der Waals surface area contributed by atoms with E-state index in [-0.39, 0.29) is 31.2 Å². The zero-order valence-corrected chi connectivity index (χ0v) is 28.1. The molecular weight excluding hydrogens is 851 g/mol. The van der Waals surface area contributed by atoms with Gasteiger partial charge in [-0.1, -0.05) is 159 Å². The molecule has 0 aliphatic carbocycles. The van der Waals surface area contributed by atoms with Crippen LogP contribution in [0.3, 0.4) is 0 Å². The highest BCUT2D eigenvalue weighted by Crippen LogP contribution is 2.27. The predicted molar refractivity (Wildman–Crippen MR) is 179 cm³/mol. The molecule has 0 amide bonds. The third-order valence-electron chi connectivity index (χ3n) is 5.93. The first kappa shape index (κ1) is 32.7. The zero-order chi connectivity index (χ0) is 28.7. The lowest BCUT2D eigenvalue weighted by Crippen LogP contribution is -2.39. The standard InChI is InChI=1S/C30H30I3NO6/c31-16-28(35)38-25(22-10-4-1-5-11-22)19-34(20-26(39-29(36)17-32)23-12-6-2-7-13-23)21-27(40-30(37)18-33)24-14-8-3-9-15-24/h1-15,25-27H,16-21H2/t25-,26-,27+/m0/s1. The van der Waals surface area contributed by atoms with Crippen LogP contribution in [-0.4, -0.2) is 55.7 Å². The fourth-order valence-electron chi connectivity index (χ4n) is 4.13. The summed E-state index contributed by atoms with van der Waals surface area (Å²) in [5.41, 5.74) is 2.52. The molecule has 10 heteroatoms. The van der Waals surface area contributed by atoms with Gasteiger partial charge in [0, 0.05) is 19.6 Å². The maximum Gasteiger partial charge on any atom is 0.316 e. The Morgan fingerprint density at radius 1 is 0.500 bits per heavy atom. The summed E-state index contributed by atoms with van der Waals surface area (Å²) in [6.45, 7) is 0.883. The average Bonchev–Trinajstić information content (AvgIpc) is 3.00. The smallest absolute Gasteiger partial charge is 0.316 e. The van der Waals surface area contributed by atoms with Crippen molar-refractivity contribution in [2.75, 3.05) is 32.9 Å². The maximum absolute atomic E-state index is 12.4. The van der Waals surface area contributed by atoms with Crippen LogP contribution in [0.15, 0.2) is 91.0 Å². The summed E-state index contributed by atoms with van der Waals surface area (Å²) in [5.74, 6) is -0.996. The van der Waals surface area contributed by atoms with Crippen molar-refractivity contribution >= 4 is 85.7 Å². The molecule has 0 unspecified atom stereocenters. The summed E-state index contributed by atoms with van der Waals surface area (Å²) < 4.78 is 18.3. The minimum Gasteiger partial charge on any atom is -0.456 e. The number of hydrogen-bond donors (Lipinski definition) is 0. The van der Waals surface area contributed by atoms with Crippen LogP contribution in [0.1, 0.15) is 35.0 Å². The molecular formula is C30H30I3NO6. The summed E-state index contributed by atoms with van der Waals surface area (Å²) in [7, 11) is 0. The highest BCUT2D eigenvalue weighted by Gasteiger charge is 2.28. The molecule has 40 heavy (non-hydrogen) atoms. The topological polar surface area (TPSA) is 82.1 Å². The fraction of sp³-hybridized carbons (Fsp3) is 0.300. The van der Waals surface area contributed by atoms with Gasteiger partial charge in [0.15, 0.2) is 0 Å². The molecule has 0 N–H and O–H groups in total. The Morgan fingerprint density at radius 2 is 0.750 bits per heavy atom. The number of ether oxygens (including phenoxy) is 3. The Hall–Kier alpha value is -1.78. The normalized spacial score (nSPS) is 13.2. The lowest BCUT2D eigenvalue weighted by Gasteiger charge is -2.33. The molecule has 212 valence electrons. The van der Waals surface area contributed by atoms with Crippen LogP contribution in [0.5, 0.6) is 0 Å². The number of halogens is 3. The van der Waals surface area contributed by atoms with E-state index in [4.69, 9.17) is 14.2 Å². The maximum atomic E-state index is 12.4. The van der Waals surface area contributed by atoms with Crippen molar-refractivity contribution in [1.82, 2.24) is 4.90 Å². The fourth-order valence-corrected chi connectivity index (χ4v) is 4.67. The van der Waals surface area contributed by atoms with Crippen molar-refractivity contribution in [1.29, 1.82) is 0 Å². The quantitative estimate of drug-likeness (QED) is 0.0753. The predicted octanol–water partition coefficient (Wildman–Crippen LogP) is 6.45. The van der Waals surface area contributed by atoms with Gasteiger partial charge in [0.05, 0.1) is 13.3 Å². The first-order chi connectivity index (χ1) is 19.4. The molecule has 3 atom stereocenters. The number of benzene rings is 3. The molecule has 0 radical (unpaired) electrons. The minimum atomic E-state index is -0.586. The van der Waals surface area contributed by atoms with Gasteiger partial charge in [-0.2, -0.15) is 0 Å². The molecule has 0 aliphatic rings. The van der Waals surface area contributed by atoms with Crippen molar-refractivity contribution in [2.24, 2.45) is 0 Å². The van der Waals surface area contributed by atoms with Crippen molar-refractivity contribution < 1.29 is 28.6 Å². The summed E-state index contributed by atoms with van der Waals surface area (Å²) in [5, 5.41) is 0. The van der Waals surface area contributed by atoms with E-state index < -0.39 is 18.3 Å². The van der Waals surface area contributed by atoms with E-state index in [9.17, 15) is 14.4 Å².